The Morgan fingerprint density at radius 1 is 0.706 bits per heavy atom. The van der Waals surface area contributed by atoms with E-state index >= 15 is 0 Å². The average molecular weight is 435 g/mol. The fourth-order valence-electron chi connectivity index (χ4n) is 5.00. The van der Waals surface area contributed by atoms with Gasteiger partial charge in [-0.3, -0.25) is 4.98 Å². The standard InChI is InChI=1S/C30H17N3O/c31-17-20-12-13-32-18-26(20)19-6-5-7-21(14-19)33-27-10-3-1-8-22(27)24-15-25-23-9-2-4-11-29(23)34-30(25)16-28(24)33/h1-16,18H. The summed E-state index contributed by atoms with van der Waals surface area (Å²) in [7, 11) is 0. The van der Waals surface area contributed by atoms with Crippen LogP contribution in [0.15, 0.2) is 108 Å². The fraction of sp³-hybridized carbons (Fsp3) is 0. The molecule has 4 aromatic carbocycles. The molecule has 0 aliphatic heterocycles. The molecule has 0 radical (unpaired) electrons. The van der Waals surface area contributed by atoms with Crippen molar-refractivity contribution in [2.45, 2.75) is 0 Å². The minimum Gasteiger partial charge on any atom is -0.456 e. The third-order valence-corrected chi connectivity index (χ3v) is 6.53. The average Bonchev–Trinajstić information content (AvgIpc) is 3.42. The van der Waals surface area contributed by atoms with Crippen molar-refractivity contribution in [2.24, 2.45) is 0 Å². The van der Waals surface area contributed by atoms with Gasteiger partial charge < -0.3 is 8.98 Å². The van der Waals surface area contributed by atoms with E-state index in [9.17, 15) is 5.26 Å². The predicted octanol–water partition coefficient (Wildman–Crippen LogP) is 7.62. The Hall–Kier alpha value is -4.88. The lowest BCUT2D eigenvalue weighted by Gasteiger charge is -2.11. The van der Waals surface area contributed by atoms with Crippen molar-refractivity contribution in [3.8, 4) is 22.9 Å². The molecule has 3 aromatic heterocycles. The summed E-state index contributed by atoms with van der Waals surface area (Å²) in [6.07, 6.45) is 3.40. The van der Waals surface area contributed by atoms with Gasteiger partial charge in [0.2, 0.25) is 0 Å². The topological polar surface area (TPSA) is 54.8 Å². The Labute approximate surface area is 194 Å². The number of benzene rings is 4. The van der Waals surface area contributed by atoms with Crippen LogP contribution >= 0.6 is 0 Å². The molecule has 0 atom stereocenters. The van der Waals surface area contributed by atoms with Gasteiger partial charge >= 0.3 is 0 Å². The normalized spacial score (nSPS) is 11.5. The van der Waals surface area contributed by atoms with Crippen molar-refractivity contribution in [3.63, 3.8) is 0 Å². The Morgan fingerprint density at radius 3 is 2.47 bits per heavy atom. The summed E-state index contributed by atoms with van der Waals surface area (Å²) in [6.45, 7) is 0. The molecule has 158 valence electrons. The summed E-state index contributed by atoms with van der Waals surface area (Å²) in [5, 5.41) is 14.2. The van der Waals surface area contributed by atoms with E-state index in [0.29, 0.717) is 5.56 Å². The SMILES string of the molecule is N#Cc1ccncc1-c1cccc(-n2c3ccccc3c3cc4c(cc32)oc2ccccc24)c1. The number of hydrogen-bond acceptors (Lipinski definition) is 3. The molecule has 0 spiro atoms. The van der Waals surface area contributed by atoms with E-state index in [1.807, 2.05) is 30.3 Å². The first-order valence-corrected chi connectivity index (χ1v) is 11.1. The fourth-order valence-corrected chi connectivity index (χ4v) is 5.00. The van der Waals surface area contributed by atoms with Gasteiger partial charge in [-0.2, -0.15) is 5.26 Å². The Balaban J connectivity index is 1.56. The molecule has 0 unspecified atom stereocenters. The first-order chi connectivity index (χ1) is 16.8. The molecular weight excluding hydrogens is 418 g/mol. The predicted molar refractivity (Wildman–Crippen MR) is 136 cm³/mol. The number of nitrogens with zero attached hydrogens (tertiary/aromatic N) is 3. The van der Waals surface area contributed by atoms with E-state index < -0.39 is 0 Å². The van der Waals surface area contributed by atoms with Crippen LogP contribution in [0.2, 0.25) is 0 Å². The Morgan fingerprint density at radius 2 is 1.56 bits per heavy atom. The van der Waals surface area contributed by atoms with Crippen LogP contribution in [0.25, 0.3) is 60.6 Å². The van der Waals surface area contributed by atoms with Gasteiger partial charge in [0.1, 0.15) is 11.2 Å². The smallest absolute Gasteiger partial charge is 0.137 e. The highest BCUT2D eigenvalue weighted by atomic mass is 16.3. The van der Waals surface area contributed by atoms with Crippen LogP contribution in [0.1, 0.15) is 5.56 Å². The summed E-state index contributed by atoms with van der Waals surface area (Å²) in [5.74, 6) is 0. The molecule has 7 aromatic rings. The molecule has 0 saturated heterocycles. The van der Waals surface area contributed by atoms with Gasteiger partial charge in [0.05, 0.1) is 22.7 Å². The highest BCUT2D eigenvalue weighted by Crippen LogP contribution is 2.38. The summed E-state index contributed by atoms with van der Waals surface area (Å²) < 4.78 is 8.48. The summed E-state index contributed by atoms with van der Waals surface area (Å²) in [4.78, 5) is 4.25. The molecule has 7 rings (SSSR count). The van der Waals surface area contributed by atoms with E-state index in [-0.39, 0.29) is 0 Å². The summed E-state index contributed by atoms with van der Waals surface area (Å²) >= 11 is 0. The number of para-hydroxylation sites is 2. The Bertz CT molecular complexity index is 1930. The minimum absolute atomic E-state index is 0.610. The van der Waals surface area contributed by atoms with Crippen molar-refractivity contribution >= 4 is 43.7 Å². The number of nitriles is 1. The van der Waals surface area contributed by atoms with E-state index in [2.05, 4.69) is 70.2 Å². The van der Waals surface area contributed by atoms with E-state index in [0.717, 1.165) is 49.8 Å². The van der Waals surface area contributed by atoms with Crippen LogP contribution in [-0.2, 0) is 0 Å². The van der Waals surface area contributed by atoms with Gasteiger partial charge in [0, 0.05) is 51.3 Å². The number of aromatic nitrogens is 2. The van der Waals surface area contributed by atoms with Gasteiger partial charge in [-0.1, -0.05) is 48.5 Å². The maximum Gasteiger partial charge on any atom is 0.137 e. The third-order valence-electron chi connectivity index (χ3n) is 6.53. The minimum atomic E-state index is 0.610. The van der Waals surface area contributed by atoms with Gasteiger partial charge in [-0.05, 0) is 42.0 Å². The molecular formula is C30H17N3O. The number of rotatable bonds is 2. The van der Waals surface area contributed by atoms with Gasteiger partial charge in [0.15, 0.2) is 0 Å². The second-order valence-electron chi connectivity index (χ2n) is 8.40. The number of hydrogen-bond donors (Lipinski definition) is 0. The molecule has 0 N–H and O–H groups in total. The maximum atomic E-state index is 9.58. The van der Waals surface area contributed by atoms with Gasteiger partial charge in [-0.25, -0.2) is 0 Å². The molecule has 0 amide bonds. The van der Waals surface area contributed by atoms with Crippen molar-refractivity contribution in [2.75, 3.05) is 0 Å². The second-order valence-corrected chi connectivity index (χ2v) is 8.40. The lowest BCUT2D eigenvalue weighted by atomic mass is 10.0. The lowest BCUT2D eigenvalue weighted by Crippen LogP contribution is -1.95. The maximum absolute atomic E-state index is 9.58. The molecule has 3 heterocycles. The van der Waals surface area contributed by atoms with E-state index in [4.69, 9.17) is 4.42 Å². The zero-order chi connectivity index (χ0) is 22.6. The van der Waals surface area contributed by atoms with E-state index in [1.54, 1.807) is 18.5 Å². The van der Waals surface area contributed by atoms with Crippen molar-refractivity contribution in [1.82, 2.24) is 9.55 Å². The van der Waals surface area contributed by atoms with Gasteiger partial charge in [-0.15, -0.1) is 0 Å². The van der Waals surface area contributed by atoms with Crippen LogP contribution in [-0.4, -0.2) is 9.55 Å². The molecule has 4 nitrogen and oxygen atoms in total. The zero-order valence-corrected chi connectivity index (χ0v) is 18.1. The van der Waals surface area contributed by atoms with Crippen LogP contribution in [0.5, 0.6) is 0 Å². The molecule has 0 fully saturated rings. The molecule has 0 saturated carbocycles. The molecule has 4 heteroatoms. The second kappa shape index (κ2) is 7.06. The highest BCUT2D eigenvalue weighted by molar-refractivity contribution is 6.17. The molecule has 0 bridgehead atoms. The third kappa shape index (κ3) is 2.61. The zero-order valence-electron chi connectivity index (χ0n) is 18.1. The largest absolute Gasteiger partial charge is 0.456 e. The number of furan rings is 1. The molecule has 0 aliphatic carbocycles. The molecule has 34 heavy (non-hydrogen) atoms. The lowest BCUT2D eigenvalue weighted by molar-refractivity contribution is 0.669. The summed E-state index contributed by atoms with van der Waals surface area (Å²) in [5.41, 5.74) is 7.38. The first-order valence-electron chi connectivity index (χ1n) is 11.1. The van der Waals surface area contributed by atoms with E-state index in [1.165, 1.54) is 10.8 Å². The number of fused-ring (bicyclic) bond motifs is 6. The van der Waals surface area contributed by atoms with Gasteiger partial charge in [0.25, 0.3) is 0 Å². The summed E-state index contributed by atoms with van der Waals surface area (Å²) in [6, 6.07) is 33.3. The van der Waals surface area contributed by atoms with Crippen molar-refractivity contribution in [1.29, 1.82) is 5.26 Å². The van der Waals surface area contributed by atoms with Crippen molar-refractivity contribution in [3.05, 3.63) is 109 Å². The van der Waals surface area contributed by atoms with Crippen LogP contribution < -0.4 is 0 Å². The van der Waals surface area contributed by atoms with Crippen LogP contribution in [0.4, 0.5) is 0 Å². The highest BCUT2D eigenvalue weighted by Gasteiger charge is 2.16. The molecule has 0 aliphatic rings. The Kier molecular flexibility index (Phi) is 3.88. The monoisotopic (exact) mass is 435 g/mol. The van der Waals surface area contributed by atoms with Crippen LogP contribution in [0, 0.1) is 11.3 Å². The number of pyridine rings is 1. The van der Waals surface area contributed by atoms with Crippen molar-refractivity contribution < 1.29 is 4.42 Å². The first kappa shape index (κ1) is 18.7. The quantitative estimate of drug-likeness (QED) is 0.281. The van der Waals surface area contributed by atoms with Crippen LogP contribution in [0.3, 0.4) is 0 Å².